The molecule has 1 N–H and O–H groups in total. The maximum absolute atomic E-state index is 12.4. The number of nitrogens with zero attached hydrogens (tertiary/aromatic N) is 2. The number of aromatic nitrogens is 1. The number of thiazole rings is 1. The monoisotopic (exact) mass is 375 g/mol. The van der Waals surface area contributed by atoms with E-state index in [-0.39, 0.29) is 18.0 Å². The van der Waals surface area contributed by atoms with Crippen molar-refractivity contribution in [3.8, 4) is 5.75 Å². The fourth-order valence-corrected chi connectivity index (χ4v) is 3.54. The Morgan fingerprint density at radius 3 is 2.96 bits per heavy atom. The highest BCUT2D eigenvalue weighted by Gasteiger charge is 2.14. The van der Waals surface area contributed by atoms with Crippen LogP contribution in [0.3, 0.4) is 0 Å². The molecule has 0 spiro atoms. The van der Waals surface area contributed by atoms with Gasteiger partial charge in [0.2, 0.25) is 0 Å². The summed E-state index contributed by atoms with van der Waals surface area (Å²) in [6.07, 6.45) is 2.60. The number of nitrogens with one attached hydrogen (secondary N) is 1. The average Bonchev–Trinajstić information content (AvgIpc) is 3.04. The molecule has 2 aromatic rings. The predicted molar refractivity (Wildman–Crippen MR) is 88.9 cm³/mol. The molecule has 2 rings (SSSR count). The maximum atomic E-state index is 12.4. The van der Waals surface area contributed by atoms with Crippen LogP contribution in [0.1, 0.15) is 12.0 Å². The number of hydrogen-bond acceptors (Lipinski definition) is 7. The zero-order valence-electron chi connectivity index (χ0n) is 12.5. The summed E-state index contributed by atoms with van der Waals surface area (Å²) >= 11 is 3.22. The minimum absolute atomic E-state index is 0.0553. The van der Waals surface area contributed by atoms with Gasteiger partial charge in [0.05, 0.1) is 4.92 Å². The Morgan fingerprint density at radius 2 is 2.29 bits per heavy atom. The second-order valence-corrected chi connectivity index (χ2v) is 6.84. The van der Waals surface area contributed by atoms with Gasteiger partial charge in [-0.1, -0.05) is 11.8 Å². The normalized spacial score (nSPS) is 11.0. The number of halogens is 2. The highest BCUT2D eigenvalue weighted by molar-refractivity contribution is 8.00. The van der Waals surface area contributed by atoms with E-state index in [0.717, 1.165) is 22.6 Å². The van der Waals surface area contributed by atoms with Gasteiger partial charge in [0.1, 0.15) is 10.1 Å². The van der Waals surface area contributed by atoms with Crippen LogP contribution in [0.4, 0.5) is 14.5 Å². The van der Waals surface area contributed by atoms with Gasteiger partial charge in [0, 0.05) is 41.6 Å². The molecule has 0 saturated heterocycles. The van der Waals surface area contributed by atoms with Crippen LogP contribution in [-0.2, 0) is 6.54 Å². The highest BCUT2D eigenvalue weighted by Crippen LogP contribution is 2.25. The molecular formula is C14H15F2N3O3S2. The molecule has 24 heavy (non-hydrogen) atoms. The van der Waals surface area contributed by atoms with Crippen molar-refractivity contribution in [1.82, 2.24) is 10.3 Å². The first-order valence-electron chi connectivity index (χ1n) is 7.01. The number of ether oxygens (including phenoxy) is 1. The summed E-state index contributed by atoms with van der Waals surface area (Å²) in [5.41, 5.74) is 0.171. The molecule has 0 aliphatic carbocycles. The lowest BCUT2D eigenvalue weighted by Crippen LogP contribution is -2.17. The smallest absolute Gasteiger partial charge is 0.387 e. The maximum Gasteiger partial charge on any atom is 0.387 e. The molecule has 1 aromatic carbocycles. The van der Waals surface area contributed by atoms with Gasteiger partial charge in [0.15, 0.2) is 0 Å². The standard InChI is InChI=1S/C14H15F2N3O3S2/c15-13(16)22-12-3-2-11(19(20)21)8-10(12)9-17-4-1-6-23-14-18-5-7-24-14/h2-3,5,7-8,13,17H,1,4,6,9H2. The molecule has 1 heterocycles. The Labute approximate surface area is 145 Å². The number of nitro benzene ring substituents is 1. The Bertz CT molecular complexity index is 657. The van der Waals surface area contributed by atoms with Crippen LogP contribution in [0.2, 0.25) is 0 Å². The van der Waals surface area contributed by atoms with Gasteiger partial charge in [0.25, 0.3) is 5.69 Å². The number of non-ortho nitro benzene ring substituents is 1. The molecule has 1 aromatic heterocycles. The molecule has 0 unspecified atom stereocenters. The minimum atomic E-state index is -2.97. The molecular weight excluding hydrogens is 360 g/mol. The molecule has 130 valence electrons. The summed E-state index contributed by atoms with van der Waals surface area (Å²) in [4.78, 5) is 14.4. The van der Waals surface area contributed by atoms with Crippen molar-refractivity contribution < 1.29 is 18.4 Å². The Morgan fingerprint density at radius 1 is 1.46 bits per heavy atom. The lowest BCUT2D eigenvalue weighted by atomic mass is 10.1. The van der Waals surface area contributed by atoms with E-state index < -0.39 is 11.5 Å². The third-order valence-corrected chi connectivity index (χ3v) is 4.97. The van der Waals surface area contributed by atoms with Gasteiger partial charge >= 0.3 is 6.61 Å². The number of rotatable bonds is 10. The zero-order chi connectivity index (χ0) is 17.4. The predicted octanol–water partition coefficient (Wildman–Crippen LogP) is 3.92. The summed E-state index contributed by atoms with van der Waals surface area (Å²) in [7, 11) is 0. The highest BCUT2D eigenvalue weighted by atomic mass is 32.2. The molecule has 0 aliphatic rings. The van der Waals surface area contributed by atoms with Gasteiger partial charge < -0.3 is 10.1 Å². The van der Waals surface area contributed by atoms with Gasteiger partial charge in [-0.25, -0.2) is 4.98 Å². The van der Waals surface area contributed by atoms with E-state index in [1.54, 1.807) is 29.3 Å². The van der Waals surface area contributed by atoms with Crippen molar-refractivity contribution in [1.29, 1.82) is 0 Å². The Kier molecular flexibility index (Phi) is 7.35. The lowest BCUT2D eigenvalue weighted by Gasteiger charge is -2.11. The summed E-state index contributed by atoms with van der Waals surface area (Å²) in [6.45, 7) is -2.11. The quantitative estimate of drug-likeness (QED) is 0.293. The number of thioether (sulfide) groups is 1. The number of nitro groups is 1. The van der Waals surface area contributed by atoms with E-state index in [1.807, 2.05) is 5.38 Å². The van der Waals surface area contributed by atoms with Gasteiger partial charge in [-0.15, -0.1) is 11.3 Å². The van der Waals surface area contributed by atoms with Crippen LogP contribution in [0.5, 0.6) is 5.75 Å². The molecule has 0 atom stereocenters. The van der Waals surface area contributed by atoms with E-state index in [4.69, 9.17) is 0 Å². The first-order chi connectivity index (χ1) is 11.6. The summed E-state index contributed by atoms with van der Waals surface area (Å²) in [6, 6.07) is 3.58. The van der Waals surface area contributed by atoms with Crippen molar-refractivity contribution in [3.05, 3.63) is 45.5 Å². The topological polar surface area (TPSA) is 77.3 Å². The lowest BCUT2D eigenvalue weighted by molar-refractivity contribution is -0.385. The average molecular weight is 375 g/mol. The van der Waals surface area contributed by atoms with E-state index in [0.29, 0.717) is 12.1 Å². The van der Waals surface area contributed by atoms with Crippen molar-refractivity contribution >= 4 is 28.8 Å². The Hall–Kier alpha value is -1.78. The SMILES string of the molecule is O=[N+]([O-])c1ccc(OC(F)F)c(CNCCCSc2nccs2)c1. The van der Waals surface area contributed by atoms with E-state index in [9.17, 15) is 18.9 Å². The van der Waals surface area contributed by atoms with Crippen LogP contribution < -0.4 is 10.1 Å². The second kappa shape index (κ2) is 9.50. The molecule has 0 aliphatic heterocycles. The fraction of sp³-hybridized carbons (Fsp3) is 0.357. The van der Waals surface area contributed by atoms with Crippen LogP contribution >= 0.6 is 23.1 Å². The first-order valence-corrected chi connectivity index (χ1v) is 8.88. The van der Waals surface area contributed by atoms with Crippen LogP contribution in [0.25, 0.3) is 0 Å². The minimum Gasteiger partial charge on any atom is -0.434 e. The molecule has 0 saturated carbocycles. The zero-order valence-corrected chi connectivity index (χ0v) is 14.1. The largest absolute Gasteiger partial charge is 0.434 e. The Balaban J connectivity index is 1.82. The molecule has 0 bridgehead atoms. The van der Waals surface area contributed by atoms with Crippen LogP contribution in [-0.4, -0.2) is 28.8 Å². The summed E-state index contributed by atoms with van der Waals surface area (Å²) in [5.74, 6) is 0.816. The number of alkyl halides is 2. The van der Waals surface area contributed by atoms with Gasteiger partial charge in [-0.3, -0.25) is 10.1 Å². The van der Waals surface area contributed by atoms with Gasteiger partial charge in [-0.05, 0) is 19.0 Å². The third-order valence-electron chi connectivity index (χ3n) is 2.92. The molecule has 6 nitrogen and oxygen atoms in total. The molecule has 0 amide bonds. The number of hydrogen-bond donors (Lipinski definition) is 1. The van der Waals surface area contributed by atoms with E-state index in [1.165, 1.54) is 12.1 Å². The first kappa shape index (κ1) is 18.6. The third kappa shape index (κ3) is 6.02. The van der Waals surface area contributed by atoms with Crippen molar-refractivity contribution in [2.24, 2.45) is 0 Å². The summed E-state index contributed by atoms with van der Waals surface area (Å²) < 4.78 is 30.2. The second-order valence-electron chi connectivity index (χ2n) is 4.60. The number of benzene rings is 1. The summed E-state index contributed by atoms with van der Waals surface area (Å²) in [5, 5.41) is 15.8. The fourth-order valence-electron chi connectivity index (χ4n) is 1.89. The van der Waals surface area contributed by atoms with Gasteiger partial charge in [-0.2, -0.15) is 8.78 Å². The van der Waals surface area contributed by atoms with Crippen molar-refractivity contribution in [2.45, 2.75) is 23.9 Å². The molecule has 10 heteroatoms. The van der Waals surface area contributed by atoms with E-state index >= 15 is 0 Å². The molecule has 0 radical (unpaired) electrons. The van der Waals surface area contributed by atoms with Crippen molar-refractivity contribution in [3.63, 3.8) is 0 Å². The van der Waals surface area contributed by atoms with Crippen LogP contribution in [0, 0.1) is 10.1 Å². The van der Waals surface area contributed by atoms with Crippen LogP contribution in [0.15, 0.2) is 34.1 Å². The molecule has 0 fully saturated rings. The van der Waals surface area contributed by atoms with Crippen molar-refractivity contribution in [2.75, 3.05) is 12.3 Å². The van der Waals surface area contributed by atoms with E-state index in [2.05, 4.69) is 15.0 Å².